The molecule has 6 nitrogen and oxygen atoms in total. The van der Waals surface area contributed by atoms with Crippen molar-refractivity contribution in [2.75, 3.05) is 13.2 Å². The van der Waals surface area contributed by atoms with Gasteiger partial charge in [-0.25, -0.2) is 0 Å². The molecule has 0 saturated heterocycles. The van der Waals surface area contributed by atoms with Crippen LogP contribution in [-0.4, -0.2) is 37.2 Å². The number of rotatable bonds is 48. The van der Waals surface area contributed by atoms with Crippen LogP contribution in [0.4, 0.5) is 0 Å². The quantitative estimate of drug-likeness (QED) is 0.0262. The molecule has 1 unspecified atom stereocenters. The van der Waals surface area contributed by atoms with E-state index in [2.05, 4.69) is 32.9 Å². The molecular weight excluding hydrogens is 781 g/mol. The van der Waals surface area contributed by atoms with Crippen LogP contribution in [-0.2, 0) is 28.6 Å². The average molecular weight is 881 g/mol. The molecule has 0 fully saturated rings. The zero-order chi connectivity index (χ0) is 45.8. The summed E-state index contributed by atoms with van der Waals surface area (Å²) in [7, 11) is 0. The lowest BCUT2D eigenvalue weighted by atomic mass is 10.0. The van der Waals surface area contributed by atoms with E-state index in [0.29, 0.717) is 19.3 Å². The molecule has 1 atom stereocenters. The van der Waals surface area contributed by atoms with Crippen LogP contribution >= 0.6 is 0 Å². The predicted octanol–water partition coefficient (Wildman–Crippen LogP) is 17.6. The first-order valence-electron chi connectivity index (χ1n) is 26.9. The third kappa shape index (κ3) is 50.0. The Morgan fingerprint density at radius 2 is 0.619 bits per heavy atom. The standard InChI is InChI=1S/C57H100O6/c1-4-7-10-13-16-19-22-25-27-28-29-31-32-35-38-41-44-47-50-56(59)62-53-54(52-61-55(58)49-46-43-40-37-34-24-21-18-15-12-9-6-3)63-57(60)51-48-45-42-39-36-33-30-26-23-20-17-14-11-8-5-2/h8,11,14,17,20,23,26,30,33,36,54H,4-7,9-10,12-13,15-16,18-19,21-22,24-25,27-29,31-32,34-35,37-53H2,1-3H3/b11-8-,17-14-,23-20-,30-26-,36-33-. The summed E-state index contributed by atoms with van der Waals surface area (Å²) in [5.74, 6) is -0.921. The zero-order valence-corrected chi connectivity index (χ0v) is 41.6. The van der Waals surface area contributed by atoms with Crippen molar-refractivity contribution < 1.29 is 28.6 Å². The second kappa shape index (κ2) is 51.7. The van der Waals surface area contributed by atoms with E-state index >= 15 is 0 Å². The van der Waals surface area contributed by atoms with E-state index < -0.39 is 6.10 Å². The highest BCUT2D eigenvalue weighted by molar-refractivity contribution is 5.71. The van der Waals surface area contributed by atoms with Gasteiger partial charge in [0, 0.05) is 19.3 Å². The van der Waals surface area contributed by atoms with Crippen LogP contribution in [0.3, 0.4) is 0 Å². The molecule has 0 amide bonds. The highest BCUT2D eigenvalue weighted by Crippen LogP contribution is 2.16. The van der Waals surface area contributed by atoms with Crippen molar-refractivity contribution in [1.29, 1.82) is 0 Å². The van der Waals surface area contributed by atoms with Crippen molar-refractivity contribution in [2.24, 2.45) is 0 Å². The third-order valence-electron chi connectivity index (χ3n) is 11.7. The van der Waals surface area contributed by atoms with Gasteiger partial charge in [-0.15, -0.1) is 0 Å². The number of esters is 3. The van der Waals surface area contributed by atoms with Gasteiger partial charge in [-0.2, -0.15) is 0 Å². The Bertz CT molecular complexity index is 1150. The van der Waals surface area contributed by atoms with Crippen molar-refractivity contribution in [3.05, 3.63) is 60.8 Å². The molecule has 0 aliphatic heterocycles. The van der Waals surface area contributed by atoms with Crippen LogP contribution < -0.4 is 0 Å². The van der Waals surface area contributed by atoms with Gasteiger partial charge >= 0.3 is 17.9 Å². The van der Waals surface area contributed by atoms with Gasteiger partial charge < -0.3 is 14.2 Å². The van der Waals surface area contributed by atoms with Gasteiger partial charge in [0.2, 0.25) is 0 Å². The van der Waals surface area contributed by atoms with E-state index in [1.165, 1.54) is 154 Å². The molecule has 0 aromatic heterocycles. The number of unbranched alkanes of at least 4 members (excludes halogenated alkanes) is 31. The molecule has 0 bridgehead atoms. The molecule has 0 aromatic carbocycles. The molecule has 0 N–H and O–H groups in total. The predicted molar refractivity (Wildman–Crippen MR) is 270 cm³/mol. The Morgan fingerprint density at radius 3 is 0.968 bits per heavy atom. The number of carbonyl (C=O) groups excluding carboxylic acids is 3. The van der Waals surface area contributed by atoms with Crippen molar-refractivity contribution in [3.8, 4) is 0 Å². The Morgan fingerprint density at radius 1 is 0.333 bits per heavy atom. The molecule has 0 saturated carbocycles. The van der Waals surface area contributed by atoms with Crippen molar-refractivity contribution in [2.45, 2.75) is 271 Å². The topological polar surface area (TPSA) is 78.9 Å². The van der Waals surface area contributed by atoms with Gasteiger partial charge in [-0.3, -0.25) is 14.4 Å². The lowest BCUT2D eigenvalue weighted by Gasteiger charge is -2.18. The summed E-state index contributed by atoms with van der Waals surface area (Å²) < 4.78 is 16.8. The maximum atomic E-state index is 12.8. The smallest absolute Gasteiger partial charge is 0.306 e. The monoisotopic (exact) mass is 881 g/mol. The van der Waals surface area contributed by atoms with Crippen LogP contribution in [0.5, 0.6) is 0 Å². The van der Waals surface area contributed by atoms with E-state index in [-0.39, 0.29) is 37.5 Å². The second-order valence-corrected chi connectivity index (χ2v) is 17.9. The molecule has 0 radical (unpaired) electrons. The van der Waals surface area contributed by atoms with E-state index in [1.54, 1.807) is 0 Å². The molecule has 0 aliphatic rings. The number of hydrogen-bond donors (Lipinski definition) is 0. The molecule has 0 heterocycles. The summed E-state index contributed by atoms with van der Waals surface area (Å²) in [6.45, 7) is 6.48. The SMILES string of the molecule is CC\C=C/C=C\C=C/C=C\C=C/CCCCCC(=O)OC(COC(=O)CCCCCCCCCCCCCC)COC(=O)CCCCCCCCCCCCCCCCCCCC. The van der Waals surface area contributed by atoms with Gasteiger partial charge in [0.15, 0.2) is 6.10 Å². The Kier molecular flexibility index (Phi) is 49.4. The van der Waals surface area contributed by atoms with Crippen LogP contribution in [0.15, 0.2) is 60.8 Å². The van der Waals surface area contributed by atoms with E-state index in [4.69, 9.17) is 14.2 Å². The summed E-state index contributed by atoms with van der Waals surface area (Å²) in [4.78, 5) is 38.0. The van der Waals surface area contributed by atoms with Crippen molar-refractivity contribution in [1.82, 2.24) is 0 Å². The summed E-state index contributed by atoms with van der Waals surface area (Å²) in [6, 6.07) is 0. The molecule has 0 aliphatic carbocycles. The highest BCUT2D eigenvalue weighted by atomic mass is 16.6. The number of carbonyl (C=O) groups is 3. The normalized spacial score (nSPS) is 12.5. The lowest BCUT2D eigenvalue weighted by Crippen LogP contribution is -2.30. The average Bonchev–Trinajstić information content (AvgIpc) is 3.28. The fourth-order valence-corrected chi connectivity index (χ4v) is 7.64. The van der Waals surface area contributed by atoms with Crippen LogP contribution in [0, 0.1) is 0 Å². The maximum absolute atomic E-state index is 12.8. The minimum absolute atomic E-state index is 0.0881. The zero-order valence-electron chi connectivity index (χ0n) is 41.6. The lowest BCUT2D eigenvalue weighted by molar-refractivity contribution is -0.167. The fourth-order valence-electron chi connectivity index (χ4n) is 7.64. The van der Waals surface area contributed by atoms with Gasteiger partial charge in [0.25, 0.3) is 0 Å². The molecule has 63 heavy (non-hydrogen) atoms. The second-order valence-electron chi connectivity index (χ2n) is 17.9. The number of allylic oxidation sites excluding steroid dienone is 10. The van der Waals surface area contributed by atoms with Crippen molar-refractivity contribution in [3.63, 3.8) is 0 Å². The summed E-state index contributed by atoms with van der Waals surface area (Å²) >= 11 is 0. The summed E-state index contributed by atoms with van der Waals surface area (Å²) in [5, 5.41) is 0. The summed E-state index contributed by atoms with van der Waals surface area (Å²) in [6.07, 6.45) is 63.5. The van der Waals surface area contributed by atoms with E-state index in [9.17, 15) is 14.4 Å². The van der Waals surface area contributed by atoms with Crippen molar-refractivity contribution >= 4 is 17.9 Å². The Labute approximate surface area is 390 Å². The highest BCUT2D eigenvalue weighted by Gasteiger charge is 2.19. The van der Waals surface area contributed by atoms with Gasteiger partial charge in [0.1, 0.15) is 13.2 Å². The Hall–Kier alpha value is -2.89. The van der Waals surface area contributed by atoms with E-state index in [1.807, 2.05) is 48.6 Å². The van der Waals surface area contributed by atoms with E-state index in [0.717, 1.165) is 64.2 Å². The fraction of sp³-hybridized carbons (Fsp3) is 0.772. The first kappa shape index (κ1) is 60.1. The number of hydrogen-bond acceptors (Lipinski definition) is 6. The molecule has 364 valence electrons. The molecule has 0 spiro atoms. The molecule has 0 rings (SSSR count). The first-order chi connectivity index (χ1) is 31.0. The molecular formula is C57H100O6. The first-order valence-corrected chi connectivity index (χ1v) is 26.9. The van der Waals surface area contributed by atoms with Gasteiger partial charge in [0.05, 0.1) is 0 Å². The minimum atomic E-state index is -0.792. The summed E-state index contributed by atoms with van der Waals surface area (Å²) in [5.41, 5.74) is 0. The van der Waals surface area contributed by atoms with Crippen LogP contribution in [0.25, 0.3) is 0 Å². The van der Waals surface area contributed by atoms with Crippen LogP contribution in [0.1, 0.15) is 265 Å². The third-order valence-corrected chi connectivity index (χ3v) is 11.7. The van der Waals surface area contributed by atoms with Gasteiger partial charge in [-0.1, -0.05) is 268 Å². The molecule has 0 aromatic rings. The largest absolute Gasteiger partial charge is 0.462 e. The van der Waals surface area contributed by atoms with Gasteiger partial charge in [-0.05, 0) is 38.5 Å². The Balaban J connectivity index is 4.39. The molecule has 6 heteroatoms. The number of ether oxygens (including phenoxy) is 3. The van der Waals surface area contributed by atoms with Crippen LogP contribution in [0.2, 0.25) is 0 Å². The maximum Gasteiger partial charge on any atom is 0.306 e. The minimum Gasteiger partial charge on any atom is -0.462 e.